The van der Waals surface area contributed by atoms with Crippen LogP contribution >= 0.6 is 0 Å². The first-order chi connectivity index (χ1) is 20.9. The monoisotopic (exact) mass is 606 g/mol. The predicted octanol–water partition coefficient (Wildman–Crippen LogP) is 8.00. The first-order valence-electron chi connectivity index (χ1n) is 14.5. The van der Waals surface area contributed by atoms with E-state index < -0.39 is 8.32 Å². The van der Waals surface area contributed by atoms with Crippen LogP contribution in [0.5, 0.6) is 11.5 Å². The zero-order chi connectivity index (χ0) is 31.6. The normalized spacial score (nSPS) is 11.9. The topological polar surface area (TPSA) is 79.1 Å². The number of ketones is 2. The molecule has 0 radical (unpaired) electrons. The van der Waals surface area contributed by atoms with Crippen LogP contribution < -0.4 is 9.47 Å². The molecule has 0 aliphatic heterocycles. The molecule has 0 aliphatic carbocycles. The van der Waals surface area contributed by atoms with Gasteiger partial charge in [-0.05, 0) is 102 Å². The highest BCUT2D eigenvalue weighted by Gasteiger charge is 2.38. The molecule has 0 bridgehead atoms. The molecule has 0 amide bonds. The first-order valence-corrected chi connectivity index (χ1v) is 17.4. The molecule has 0 fully saturated rings. The van der Waals surface area contributed by atoms with Crippen molar-refractivity contribution in [2.24, 2.45) is 0 Å². The summed E-state index contributed by atoms with van der Waals surface area (Å²) in [4.78, 5) is 33.0. The van der Waals surface area contributed by atoms with Crippen molar-refractivity contribution in [1.82, 2.24) is 9.38 Å². The molecule has 3 aromatic heterocycles. The van der Waals surface area contributed by atoms with E-state index >= 15 is 0 Å². The zero-order valence-electron chi connectivity index (χ0n) is 26.3. The van der Waals surface area contributed by atoms with Crippen LogP contribution in [0.1, 0.15) is 58.3 Å². The lowest BCUT2D eigenvalue weighted by molar-refractivity contribution is 0.103. The van der Waals surface area contributed by atoms with E-state index in [4.69, 9.17) is 13.9 Å². The highest BCUT2D eigenvalue weighted by molar-refractivity contribution is 6.74. The number of benzene rings is 2. The van der Waals surface area contributed by atoms with E-state index in [1.165, 1.54) is 0 Å². The number of nitrogens with zero attached hydrogens (tertiary/aromatic N) is 2. The van der Waals surface area contributed by atoms with E-state index in [9.17, 15) is 9.59 Å². The smallest absolute Gasteiger partial charge is 0.210 e. The predicted molar refractivity (Wildman–Crippen MR) is 175 cm³/mol. The minimum atomic E-state index is -2.27. The number of fused-ring (bicyclic) bond motifs is 1. The van der Waals surface area contributed by atoms with Crippen molar-refractivity contribution in [3.63, 3.8) is 0 Å². The van der Waals surface area contributed by atoms with Crippen LogP contribution in [-0.2, 0) is 11.0 Å². The lowest BCUT2D eigenvalue weighted by Crippen LogP contribution is -2.40. The summed E-state index contributed by atoms with van der Waals surface area (Å²) in [6, 6.07) is 21.8. The Balaban J connectivity index is 1.78. The summed E-state index contributed by atoms with van der Waals surface area (Å²) in [6.45, 7) is 11.0. The molecule has 226 valence electrons. The summed E-state index contributed by atoms with van der Waals surface area (Å²) in [5, 5.41) is -0.0685. The van der Waals surface area contributed by atoms with E-state index in [1.54, 1.807) is 75.1 Å². The Morgan fingerprint density at radius 2 is 1.32 bits per heavy atom. The van der Waals surface area contributed by atoms with Gasteiger partial charge in [-0.25, -0.2) is 0 Å². The van der Waals surface area contributed by atoms with Gasteiger partial charge < -0.3 is 18.3 Å². The maximum absolute atomic E-state index is 14.5. The Kier molecular flexibility index (Phi) is 8.59. The Morgan fingerprint density at radius 3 is 1.84 bits per heavy atom. The SMILES string of the molecule is COc1ccc(C(=O)c2c(CO[Si](C)(C)C(C)(C)C)c(C(=O)c3ccc(OC)cc3)n3ccc(-c4ccncc4)cc23)cc1. The highest BCUT2D eigenvalue weighted by atomic mass is 28.4. The van der Waals surface area contributed by atoms with Crippen LogP contribution in [0.25, 0.3) is 16.6 Å². The number of rotatable bonds is 10. The van der Waals surface area contributed by atoms with Crippen LogP contribution in [-0.4, -0.2) is 43.5 Å². The van der Waals surface area contributed by atoms with Gasteiger partial charge in [-0.1, -0.05) is 20.8 Å². The van der Waals surface area contributed by atoms with Crippen molar-refractivity contribution in [3.05, 3.63) is 119 Å². The van der Waals surface area contributed by atoms with Gasteiger partial charge in [0.1, 0.15) is 17.2 Å². The number of hydrogen-bond donors (Lipinski definition) is 0. The molecule has 7 nitrogen and oxygen atoms in total. The van der Waals surface area contributed by atoms with Crippen molar-refractivity contribution >= 4 is 25.4 Å². The van der Waals surface area contributed by atoms with Crippen molar-refractivity contribution in [3.8, 4) is 22.6 Å². The summed E-state index contributed by atoms with van der Waals surface area (Å²) < 4.78 is 19.2. The van der Waals surface area contributed by atoms with E-state index in [-0.39, 0.29) is 23.2 Å². The minimum Gasteiger partial charge on any atom is -0.497 e. The molecular formula is C36H38N2O5Si. The second-order valence-electron chi connectivity index (χ2n) is 12.3. The summed E-state index contributed by atoms with van der Waals surface area (Å²) in [5.74, 6) is 0.905. The standard InChI is InChI=1S/C36H38N2O5Si/c1-36(2,3)44(6,7)43-23-30-32(34(39)25-8-12-28(41-4)13-9-25)31-22-27(24-16-19-37-20-17-24)18-21-38(31)33(30)35(40)26-10-14-29(42-5)15-11-26/h8-22H,23H2,1-7H3. The third-order valence-corrected chi connectivity index (χ3v) is 13.1. The molecule has 8 heteroatoms. The maximum Gasteiger partial charge on any atom is 0.210 e. The molecule has 0 spiro atoms. The van der Waals surface area contributed by atoms with Gasteiger partial charge in [0.05, 0.1) is 31.9 Å². The van der Waals surface area contributed by atoms with Gasteiger partial charge in [0.2, 0.25) is 5.78 Å². The number of aromatic nitrogens is 2. The summed E-state index contributed by atoms with van der Waals surface area (Å²) in [5.41, 5.74) is 4.89. The van der Waals surface area contributed by atoms with Crippen LogP contribution in [0.2, 0.25) is 18.1 Å². The summed E-state index contributed by atoms with van der Waals surface area (Å²) in [6.07, 6.45) is 5.33. The fraction of sp³-hybridized carbons (Fsp3) is 0.250. The van der Waals surface area contributed by atoms with Gasteiger partial charge in [-0.2, -0.15) is 0 Å². The second-order valence-corrected chi connectivity index (χ2v) is 17.1. The van der Waals surface area contributed by atoms with Crippen molar-refractivity contribution in [2.75, 3.05) is 14.2 Å². The molecule has 5 aromatic rings. The van der Waals surface area contributed by atoms with E-state index in [0.717, 1.165) is 11.1 Å². The summed E-state index contributed by atoms with van der Waals surface area (Å²) >= 11 is 0. The van der Waals surface area contributed by atoms with Crippen LogP contribution in [0.4, 0.5) is 0 Å². The average Bonchev–Trinajstić information content (AvgIpc) is 3.36. The second kappa shape index (κ2) is 12.2. The Morgan fingerprint density at radius 1 is 0.773 bits per heavy atom. The third-order valence-electron chi connectivity index (χ3n) is 8.58. The fourth-order valence-corrected chi connectivity index (χ4v) is 5.84. The highest BCUT2D eigenvalue weighted by Crippen LogP contribution is 2.39. The average molecular weight is 607 g/mol. The molecule has 2 aromatic carbocycles. The van der Waals surface area contributed by atoms with Crippen molar-refractivity contribution in [2.45, 2.75) is 45.5 Å². The maximum atomic E-state index is 14.5. The number of hydrogen-bond acceptors (Lipinski definition) is 6. The van der Waals surface area contributed by atoms with Crippen molar-refractivity contribution in [1.29, 1.82) is 0 Å². The largest absolute Gasteiger partial charge is 0.497 e. The van der Waals surface area contributed by atoms with Gasteiger partial charge >= 0.3 is 0 Å². The molecule has 44 heavy (non-hydrogen) atoms. The molecule has 0 saturated heterocycles. The van der Waals surface area contributed by atoms with Gasteiger partial charge in [0.15, 0.2) is 14.1 Å². The van der Waals surface area contributed by atoms with E-state index in [1.807, 2.05) is 34.9 Å². The Labute approximate surface area is 259 Å². The van der Waals surface area contributed by atoms with Crippen LogP contribution in [0.3, 0.4) is 0 Å². The Bertz CT molecular complexity index is 1800. The number of ether oxygens (including phenoxy) is 2. The molecule has 0 atom stereocenters. The molecule has 0 saturated carbocycles. The Hall–Kier alpha value is -4.53. The molecule has 0 aliphatic rings. The molecule has 0 unspecified atom stereocenters. The number of carbonyl (C=O) groups excluding carboxylic acids is 2. The van der Waals surface area contributed by atoms with Crippen molar-refractivity contribution < 1.29 is 23.5 Å². The minimum absolute atomic E-state index is 0.0685. The number of pyridine rings is 2. The van der Waals surface area contributed by atoms with E-state index in [0.29, 0.717) is 45.0 Å². The number of carbonyl (C=O) groups is 2. The quantitative estimate of drug-likeness (QED) is 0.118. The lowest BCUT2D eigenvalue weighted by Gasteiger charge is -2.36. The molecule has 5 rings (SSSR count). The fourth-order valence-electron chi connectivity index (χ4n) is 4.91. The van der Waals surface area contributed by atoms with Gasteiger partial charge in [-0.15, -0.1) is 0 Å². The number of methoxy groups -OCH3 is 2. The third kappa shape index (κ3) is 5.96. The first kappa shape index (κ1) is 30.9. The molecular weight excluding hydrogens is 568 g/mol. The van der Waals surface area contributed by atoms with Gasteiger partial charge in [0, 0.05) is 35.3 Å². The van der Waals surface area contributed by atoms with E-state index in [2.05, 4.69) is 38.8 Å². The van der Waals surface area contributed by atoms with Crippen LogP contribution in [0.15, 0.2) is 91.4 Å². The summed E-state index contributed by atoms with van der Waals surface area (Å²) in [7, 11) is 0.907. The molecule has 0 N–H and O–H groups in total. The van der Waals surface area contributed by atoms with Gasteiger partial charge in [0.25, 0.3) is 0 Å². The van der Waals surface area contributed by atoms with Crippen LogP contribution in [0, 0.1) is 0 Å². The molecule has 3 heterocycles. The lowest BCUT2D eigenvalue weighted by atomic mass is 9.97. The van der Waals surface area contributed by atoms with Gasteiger partial charge in [-0.3, -0.25) is 14.6 Å². The zero-order valence-corrected chi connectivity index (χ0v) is 27.3.